The molecule has 5 heteroatoms. The van der Waals surface area contributed by atoms with Crippen LogP contribution < -0.4 is 9.47 Å². The van der Waals surface area contributed by atoms with E-state index in [1.165, 1.54) is 24.3 Å². The zero-order chi connectivity index (χ0) is 15.9. The van der Waals surface area contributed by atoms with E-state index >= 15 is 0 Å². The minimum atomic E-state index is -0.537. The molecular formula is C17H14O5. The molecule has 0 atom stereocenters. The molecule has 2 aromatic carbocycles. The predicted molar refractivity (Wildman–Crippen MR) is 80.0 cm³/mol. The summed E-state index contributed by atoms with van der Waals surface area (Å²) in [6.45, 7) is 3.31. The van der Waals surface area contributed by atoms with Gasteiger partial charge in [0.25, 0.3) is 0 Å². The summed E-state index contributed by atoms with van der Waals surface area (Å²) in [5.41, 5.74) is 0.645. The number of hydrogen-bond donors (Lipinski definition) is 0. The zero-order valence-electron chi connectivity index (χ0n) is 11.9. The smallest absolute Gasteiger partial charge is 0.343 e. The topological polar surface area (TPSA) is 61.8 Å². The molecule has 0 heterocycles. The molecule has 0 aromatic heterocycles. The fraction of sp³-hybridized carbons (Fsp3) is 0.0588. The molecule has 0 aliphatic rings. The van der Waals surface area contributed by atoms with Gasteiger partial charge in [-0.15, -0.1) is 0 Å². The Morgan fingerprint density at radius 1 is 0.864 bits per heavy atom. The van der Waals surface area contributed by atoms with Crippen LogP contribution in [0.15, 0.2) is 61.4 Å². The summed E-state index contributed by atoms with van der Waals surface area (Å²) in [4.78, 5) is 23.4. The second-order valence-electron chi connectivity index (χ2n) is 4.21. The molecule has 0 radical (unpaired) electrons. The molecule has 0 aliphatic carbocycles. The Labute approximate surface area is 127 Å². The van der Waals surface area contributed by atoms with Crippen LogP contribution in [0.2, 0.25) is 0 Å². The first-order chi connectivity index (χ1) is 10.6. The van der Waals surface area contributed by atoms with E-state index in [-0.39, 0.29) is 0 Å². The third-order valence-electron chi connectivity index (χ3n) is 2.82. The Morgan fingerprint density at radius 3 is 1.86 bits per heavy atom. The molecule has 22 heavy (non-hydrogen) atoms. The van der Waals surface area contributed by atoms with Gasteiger partial charge in [0.05, 0.1) is 24.5 Å². The lowest BCUT2D eigenvalue weighted by Gasteiger charge is -2.06. The van der Waals surface area contributed by atoms with Gasteiger partial charge in [-0.05, 0) is 48.5 Å². The van der Waals surface area contributed by atoms with Gasteiger partial charge in [-0.1, -0.05) is 6.58 Å². The molecule has 0 aliphatic heterocycles. The molecule has 5 nitrogen and oxygen atoms in total. The number of benzene rings is 2. The van der Waals surface area contributed by atoms with Gasteiger partial charge in [-0.25, -0.2) is 9.59 Å². The minimum absolute atomic E-state index is 0.320. The van der Waals surface area contributed by atoms with Crippen LogP contribution in [0.4, 0.5) is 0 Å². The van der Waals surface area contributed by atoms with Crippen LogP contribution in [0.5, 0.6) is 11.5 Å². The van der Waals surface area contributed by atoms with Crippen molar-refractivity contribution >= 4 is 11.9 Å². The number of ether oxygens (including phenoxy) is 3. The Balaban J connectivity index is 2.05. The van der Waals surface area contributed by atoms with Crippen LogP contribution >= 0.6 is 0 Å². The Hall–Kier alpha value is -3.08. The van der Waals surface area contributed by atoms with Crippen molar-refractivity contribution < 1.29 is 23.8 Å². The molecule has 0 spiro atoms. The van der Waals surface area contributed by atoms with Gasteiger partial charge in [-0.2, -0.15) is 0 Å². The van der Waals surface area contributed by atoms with E-state index in [2.05, 4.69) is 11.3 Å². The lowest BCUT2D eigenvalue weighted by Crippen LogP contribution is -2.09. The second kappa shape index (κ2) is 7.08. The largest absolute Gasteiger partial charge is 0.497 e. The van der Waals surface area contributed by atoms with Gasteiger partial charge in [0.15, 0.2) is 0 Å². The summed E-state index contributed by atoms with van der Waals surface area (Å²) in [6.07, 6.45) is 1.05. The molecule has 0 unspecified atom stereocenters. The van der Waals surface area contributed by atoms with E-state index in [4.69, 9.17) is 9.47 Å². The highest BCUT2D eigenvalue weighted by molar-refractivity contribution is 5.94. The first-order valence-electron chi connectivity index (χ1n) is 6.42. The molecular weight excluding hydrogens is 284 g/mol. The highest BCUT2D eigenvalue weighted by atomic mass is 16.5. The summed E-state index contributed by atoms with van der Waals surface area (Å²) in [5, 5.41) is 0. The maximum Gasteiger partial charge on any atom is 0.343 e. The van der Waals surface area contributed by atoms with E-state index < -0.39 is 11.9 Å². The van der Waals surface area contributed by atoms with Crippen molar-refractivity contribution in [3.05, 3.63) is 72.5 Å². The number of esters is 2. The van der Waals surface area contributed by atoms with Gasteiger partial charge in [0, 0.05) is 0 Å². The van der Waals surface area contributed by atoms with Gasteiger partial charge in [0.2, 0.25) is 0 Å². The van der Waals surface area contributed by atoms with Crippen LogP contribution in [-0.2, 0) is 4.74 Å². The molecule has 0 amide bonds. The number of carbonyl (C=O) groups excluding carboxylic acids is 2. The highest BCUT2D eigenvalue weighted by Gasteiger charge is 2.11. The molecule has 2 aromatic rings. The van der Waals surface area contributed by atoms with E-state index in [1.54, 1.807) is 31.4 Å². The summed E-state index contributed by atoms with van der Waals surface area (Å²) in [7, 11) is 1.56. The van der Waals surface area contributed by atoms with Crippen molar-refractivity contribution in [2.24, 2.45) is 0 Å². The van der Waals surface area contributed by atoms with E-state index in [1.807, 2.05) is 0 Å². The molecule has 0 N–H and O–H groups in total. The monoisotopic (exact) mass is 298 g/mol. The van der Waals surface area contributed by atoms with Crippen molar-refractivity contribution in [3.63, 3.8) is 0 Å². The van der Waals surface area contributed by atoms with Gasteiger partial charge >= 0.3 is 11.9 Å². The van der Waals surface area contributed by atoms with Crippen LogP contribution in [0.1, 0.15) is 20.7 Å². The van der Waals surface area contributed by atoms with Crippen molar-refractivity contribution in [1.29, 1.82) is 0 Å². The predicted octanol–water partition coefficient (Wildman–Crippen LogP) is 3.21. The van der Waals surface area contributed by atoms with Crippen molar-refractivity contribution in [3.8, 4) is 11.5 Å². The average Bonchev–Trinajstić information content (AvgIpc) is 2.56. The zero-order valence-corrected chi connectivity index (χ0v) is 11.9. The number of rotatable bonds is 5. The maximum absolute atomic E-state index is 12.0. The quantitative estimate of drug-likeness (QED) is 0.482. The average molecular weight is 298 g/mol. The van der Waals surface area contributed by atoms with Crippen molar-refractivity contribution in [2.45, 2.75) is 0 Å². The van der Waals surface area contributed by atoms with E-state index in [0.29, 0.717) is 22.6 Å². The molecule has 0 saturated heterocycles. The highest BCUT2D eigenvalue weighted by Crippen LogP contribution is 2.18. The van der Waals surface area contributed by atoms with Crippen molar-refractivity contribution in [1.82, 2.24) is 0 Å². The van der Waals surface area contributed by atoms with Gasteiger partial charge in [0.1, 0.15) is 11.5 Å². The molecule has 0 saturated carbocycles. The number of carbonyl (C=O) groups is 2. The van der Waals surface area contributed by atoms with Crippen LogP contribution in [0.3, 0.4) is 0 Å². The van der Waals surface area contributed by atoms with E-state index in [0.717, 1.165) is 6.26 Å². The maximum atomic E-state index is 12.0. The number of methoxy groups -OCH3 is 1. The first-order valence-corrected chi connectivity index (χ1v) is 6.42. The van der Waals surface area contributed by atoms with Crippen LogP contribution in [-0.4, -0.2) is 19.0 Å². The summed E-state index contributed by atoms with van der Waals surface area (Å²) in [5.74, 6) is 0.0182. The second-order valence-corrected chi connectivity index (χ2v) is 4.21. The lowest BCUT2D eigenvalue weighted by molar-refractivity contribution is 0.0661. The Kier molecular flexibility index (Phi) is 4.93. The number of hydrogen-bond acceptors (Lipinski definition) is 5. The third kappa shape index (κ3) is 3.73. The first kappa shape index (κ1) is 15.3. The molecule has 0 bridgehead atoms. The normalized spacial score (nSPS) is 9.68. The Bertz CT molecular complexity index is 671. The van der Waals surface area contributed by atoms with Crippen molar-refractivity contribution in [2.75, 3.05) is 7.11 Å². The fourth-order valence-electron chi connectivity index (χ4n) is 1.70. The molecule has 0 fully saturated rings. The van der Waals surface area contributed by atoms with Gasteiger partial charge < -0.3 is 14.2 Å². The van der Waals surface area contributed by atoms with E-state index in [9.17, 15) is 9.59 Å². The fourth-order valence-corrected chi connectivity index (χ4v) is 1.70. The molecule has 112 valence electrons. The Morgan fingerprint density at radius 2 is 1.36 bits per heavy atom. The van der Waals surface area contributed by atoms with Crippen LogP contribution in [0, 0.1) is 0 Å². The standard InChI is InChI=1S/C17H14O5/c1-3-21-16(18)12-4-6-13(7-5-12)17(19)22-15-10-8-14(20-2)9-11-15/h3-11H,1H2,2H3. The summed E-state index contributed by atoms with van der Waals surface area (Å²) in [6, 6.07) is 12.6. The minimum Gasteiger partial charge on any atom is -0.497 e. The summed E-state index contributed by atoms with van der Waals surface area (Å²) < 4.78 is 14.9. The third-order valence-corrected chi connectivity index (χ3v) is 2.82. The summed E-state index contributed by atoms with van der Waals surface area (Å²) >= 11 is 0. The van der Waals surface area contributed by atoms with Gasteiger partial charge in [-0.3, -0.25) is 0 Å². The van der Waals surface area contributed by atoms with Crippen LogP contribution in [0.25, 0.3) is 0 Å². The lowest BCUT2D eigenvalue weighted by atomic mass is 10.1. The SMILES string of the molecule is C=COC(=O)c1ccc(C(=O)Oc2ccc(OC)cc2)cc1. The molecule has 2 rings (SSSR count).